The maximum absolute atomic E-state index is 14.3. The van der Waals surface area contributed by atoms with Gasteiger partial charge < -0.3 is 9.47 Å². The van der Waals surface area contributed by atoms with Crippen LogP contribution in [0.3, 0.4) is 0 Å². The number of anilines is 1. The van der Waals surface area contributed by atoms with E-state index >= 15 is 0 Å². The molecule has 0 saturated carbocycles. The lowest BCUT2D eigenvalue weighted by Gasteiger charge is -2.23. The zero-order valence-corrected chi connectivity index (χ0v) is 19.2. The van der Waals surface area contributed by atoms with E-state index in [1.54, 1.807) is 18.2 Å². The van der Waals surface area contributed by atoms with Crippen molar-refractivity contribution in [2.45, 2.75) is 11.4 Å². The number of halogens is 2. The minimum absolute atomic E-state index is 0.0466. The van der Waals surface area contributed by atoms with Gasteiger partial charge in [-0.1, -0.05) is 11.6 Å². The topological polar surface area (TPSA) is 94.5 Å². The number of nitrogens with zero attached hydrogens (tertiary/aromatic N) is 4. The first-order valence-corrected chi connectivity index (χ1v) is 11.7. The number of rotatable bonds is 7. The van der Waals surface area contributed by atoms with E-state index in [2.05, 4.69) is 14.3 Å². The van der Waals surface area contributed by atoms with Crippen LogP contribution >= 0.6 is 23.1 Å². The van der Waals surface area contributed by atoms with Crippen LogP contribution < -0.4 is 13.8 Å². The molecule has 0 fully saturated rings. The second-order valence-corrected chi connectivity index (χ2v) is 9.50. The third kappa shape index (κ3) is 4.06. The quantitative estimate of drug-likeness (QED) is 0.354. The Balaban J connectivity index is 1.82. The molecule has 4 rings (SSSR count). The normalized spacial score (nSPS) is 11.5. The Bertz CT molecular complexity index is 1380. The van der Waals surface area contributed by atoms with E-state index in [9.17, 15) is 12.8 Å². The molecule has 0 aliphatic heterocycles. The van der Waals surface area contributed by atoms with E-state index in [1.165, 1.54) is 38.7 Å². The van der Waals surface area contributed by atoms with E-state index in [0.717, 1.165) is 22.0 Å². The first kappa shape index (κ1) is 22.2. The maximum Gasteiger partial charge on any atom is 0.266 e. The van der Waals surface area contributed by atoms with Crippen LogP contribution in [0.15, 0.2) is 53.8 Å². The highest BCUT2D eigenvalue weighted by Crippen LogP contribution is 2.33. The van der Waals surface area contributed by atoms with Gasteiger partial charge in [0.15, 0.2) is 0 Å². The summed E-state index contributed by atoms with van der Waals surface area (Å²) >= 11 is 6.94. The van der Waals surface area contributed by atoms with Gasteiger partial charge in [-0.25, -0.2) is 27.1 Å². The minimum Gasteiger partial charge on any atom is -0.497 e. The highest BCUT2D eigenvalue weighted by Gasteiger charge is 2.29. The van der Waals surface area contributed by atoms with Gasteiger partial charge in [-0.3, -0.25) is 0 Å². The van der Waals surface area contributed by atoms with Crippen LogP contribution in [0.5, 0.6) is 11.5 Å². The first-order valence-electron chi connectivity index (χ1n) is 9.09. The molecule has 0 N–H and O–H groups in total. The van der Waals surface area contributed by atoms with Crippen LogP contribution in [0.2, 0.25) is 5.15 Å². The number of ether oxygens (including phenoxy) is 2. The summed E-state index contributed by atoms with van der Waals surface area (Å²) in [5, 5.41) is 0.584. The fourth-order valence-electron chi connectivity index (χ4n) is 3.11. The van der Waals surface area contributed by atoms with Gasteiger partial charge in [-0.2, -0.15) is 4.37 Å². The SMILES string of the molecule is COc1ccc(CN(c2ncns2)S(=O)(=O)c2ccc3c(Cl)ncc(F)c3c2)c(OC)c1. The van der Waals surface area contributed by atoms with Crippen molar-refractivity contribution in [2.24, 2.45) is 0 Å². The van der Waals surface area contributed by atoms with Crippen molar-refractivity contribution in [2.75, 3.05) is 18.5 Å². The fraction of sp³-hybridized carbons (Fsp3) is 0.150. The van der Waals surface area contributed by atoms with Gasteiger partial charge in [0.2, 0.25) is 5.13 Å². The van der Waals surface area contributed by atoms with Gasteiger partial charge >= 0.3 is 0 Å². The molecule has 0 aliphatic rings. The first-order chi connectivity index (χ1) is 15.3. The van der Waals surface area contributed by atoms with E-state index < -0.39 is 15.8 Å². The highest BCUT2D eigenvalue weighted by atomic mass is 35.5. The number of benzene rings is 2. The highest BCUT2D eigenvalue weighted by molar-refractivity contribution is 7.93. The lowest BCUT2D eigenvalue weighted by molar-refractivity contribution is 0.391. The smallest absolute Gasteiger partial charge is 0.266 e. The molecule has 2 aromatic carbocycles. The van der Waals surface area contributed by atoms with Gasteiger partial charge in [-0.15, -0.1) is 0 Å². The third-order valence-electron chi connectivity index (χ3n) is 4.72. The van der Waals surface area contributed by atoms with Crippen molar-refractivity contribution in [1.82, 2.24) is 14.3 Å². The molecule has 8 nitrogen and oxygen atoms in total. The Morgan fingerprint density at radius 1 is 1.09 bits per heavy atom. The van der Waals surface area contributed by atoms with Gasteiger partial charge in [0, 0.05) is 33.9 Å². The van der Waals surface area contributed by atoms with E-state index in [-0.39, 0.29) is 27.1 Å². The molecule has 166 valence electrons. The molecule has 0 aliphatic carbocycles. The molecule has 0 radical (unpaired) electrons. The van der Waals surface area contributed by atoms with Crippen molar-refractivity contribution in [3.8, 4) is 11.5 Å². The van der Waals surface area contributed by atoms with Gasteiger partial charge in [0.25, 0.3) is 10.0 Å². The molecule has 2 aromatic heterocycles. The zero-order chi connectivity index (χ0) is 22.9. The molecule has 0 bridgehead atoms. The minimum atomic E-state index is -4.16. The number of methoxy groups -OCH3 is 2. The monoisotopic (exact) mass is 494 g/mol. The fourth-order valence-corrected chi connectivity index (χ4v) is 5.48. The average Bonchev–Trinajstić information content (AvgIpc) is 3.34. The van der Waals surface area contributed by atoms with Gasteiger partial charge in [0.05, 0.1) is 31.9 Å². The molecule has 0 spiro atoms. The number of hydrogen-bond donors (Lipinski definition) is 0. The second kappa shape index (κ2) is 8.85. The zero-order valence-electron chi connectivity index (χ0n) is 16.8. The van der Waals surface area contributed by atoms with Crippen LogP contribution in [-0.4, -0.2) is 37.0 Å². The van der Waals surface area contributed by atoms with E-state index in [0.29, 0.717) is 22.4 Å². The number of fused-ring (bicyclic) bond motifs is 1. The lowest BCUT2D eigenvalue weighted by atomic mass is 10.2. The molecule has 0 unspecified atom stereocenters. The third-order valence-corrected chi connectivity index (χ3v) is 7.56. The number of aromatic nitrogens is 3. The summed E-state index contributed by atoms with van der Waals surface area (Å²) in [6, 6.07) is 9.06. The van der Waals surface area contributed by atoms with Crippen molar-refractivity contribution < 1.29 is 22.3 Å². The predicted molar refractivity (Wildman–Crippen MR) is 120 cm³/mol. The Morgan fingerprint density at radius 2 is 1.91 bits per heavy atom. The van der Waals surface area contributed by atoms with Crippen molar-refractivity contribution in [3.63, 3.8) is 0 Å². The Kier molecular flexibility index (Phi) is 6.13. The maximum atomic E-state index is 14.3. The average molecular weight is 495 g/mol. The van der Waals surface area contributed by atoms with E-state index in [1.807, 2.05) is 0 Å². The molecule has 0 atom stereocenters. The molecule has 0 amide bonds. The van der Waals surface area contributed by atoms with Crippen LogP contribution in [-0.2, 0) is 16.6 Å². The van der Waals surface area contributed by atoms with Crippen molar-refractivity contribution in [1.29, 1.82) is 0 Å². The Labute approximate surface area is 192 Å². The van der Waals surface area contributed by atoms with Gasteiger partial charge in [0.1, 0.15) is 28.8 Å². The Morgan fingerprint density at radius 3 is 2.59 bits per heavy atom. The van der Waals surface area contributed by atoms with Gasteiger partial charge in [-0.05, 0) is 30.3 Å². The summed E-state index contributed by atoms with van der Waals surface area (Å²) < 4.78 is 57.2. The van der Waals surface area contributed by atoms with Crippen LogP contribution in [0.4, 0.5) is 9.52 Å². The molecule has 0 saturated heterocycles. The number of sulfonamides is 1. The summed E-state index contributed by atoms with van der Waals surface area (Å²) in [5.41, 5.74) is 0.575. The van der Waals surface area contributed by atoms with Crippen LogP contribution in [0, 0.1) is 5.82 Å². The molecular weight excluding hydrogens is 479 g/mol. The predicted octanol–water partition coefficient (Wildman–Crippen LogP) is 4.29. The lowest BCUT2D eigenvalue weighted by Crippen LogP contribution is -2.30. The largest absolute Gasteiger partial charge is 0.497 e. The number of hydrogen-bond acceptors (Lipinski definition) is 8. The molecular formula is C20H16ClFN4O4S2. The summed E-state index contributed by atoms with van der Waals surface area (Å²) in [5.74, 6) is 0.323. The summed E-state index contributed by atoms with van der Waals surface area (Å²) in [7, 11) is -1.16. The number of pyridine rings is 1. The standard InChI is InChI=1S/C20H16ClFN4O4S2/c1-29-13-4-3-12(18(7-13)30-2)10-26(20-24-11-25-31-20)32(27,28)14-5-6-15-16(8-14)17(22)9-23-19(15)21/h3-9,11H,10H2,1-2H3. The van der Waals surface area contributed by atoms with Crippen molar-refractivity contribution in [3.05, 3.63) is 65.5 Å². The van der Waals surface area contributed by atoms with E-state index in [4.69, 9.17) is 21.1 Å². The molecule has 2 heterocycles. The molecule has 4 aromatic rings. The molecule has 32 heavy (non-hydrogen) atoms. The summed E-state index contributed by atoms with van der Waals surface area (Å²) in [4.78, 5) is 7.69. The Hall–Kier alpha value is -3.02. The van der Waals surface area contributed by atoms with Crippen molar-refractivity contribution >= 4 is 49.1 Å². The summed E-state index contributed by atoms with van der Waals surface area (Å²) in [6.45, 7) is -0.0949. The summed E-state index contributed by atoms with van der Waals surface area (Å²) in [6.07, 6.45) is 2.21. The second-order valence-electron chi connectivity index (χ2n) is 6.52. The van der Waals surface area contributed by atoms with Crippen LogP contribution in [0.1, 0.15) is 5.56 Å². The van der Waals surface area contributed by atoms with Crippen LogP contribution in [0.25, 0.3) is 10.8 Å². The molecule has 12 heteroatoms.